The number of likely N-dealkylation sites (N-methyl/N-ethyl adjacent to an activating group) is 1. The Morgan fingerprint density at radius 1 is 1.25 bits per heavy atom. The average molecular weight is 223 g/mol. The lowest BCUT2D eigenvalue weighted by molar-refractivity contribution is -0.143. The molecule has 1 rings (SSSR count). The number of hydrogen-bond acceptors (Lipinski definition) is 3. The summed E-state index contributed by atoms with van der Waals surface area (Å²) >= 11 is 0. The number of carboxylic acids is 1. The van der Waals surface area contributed by atoms with Crippen LogP contribution in [0.1, 0.15) is 25.5 Å². The molecule has 0 aliphatic rings. The number of benzene rings is 1. The minimum absolute atomic E-state index is 0.146. The van der Waals surface area contributed by atoms with Crippen molar-refractivity contribution in [3.05, 3.63) is 29.8 Å². The van der Waals surface area contributed by atoms with E-state index in [-0.39, 0.29) is 5.75 Å². The first-order valence-electron chi connectivity index (χ1n) is 5.35. The lowest BCUT2D eigenvalue weighted by atomic mass is 10.1. The molecule has 1 unspecified atom stereocenters. The van der Waals surface area contributed by atoms with Crippen LogP contribution < -0.4 is 0 Å². The van der Waals surface area contributed by atoms with Crippen LogP contribution in [0.5, 0.6) is 5.75 Å². The smallest absolute Gasteiger partial charge is 0.325 e. The standard InChI is InChI=1S/C12H17NO3/c1-3-13(4-2)11(12(15)16)9-5-7-10(14)8-6-9/h5-8,11,14H,3-4H2,1-2H3,(H,15,16). The van der Waals surface area contributed by atoms with Gasteiger partial charge in [0, 0.05) is 0 Å². The van der Waals surface area contributed by atoms with Gasteiger partial charge >= 0.3 is 5.97 Å². The van der Waals surface area contributed by atoms with Crippen LogP contribution in [0.3, 0.4) is 0 Å². The summed E-state index contributed by atoms with van der Waals surface area (Å²) in [5.74, 6) is -0.721. The molecule has 1 atom stereocenters. The number of aromatic hydroxyl groups is 1. The highest BCUT2D eigenvalue weighted by molar-refractivity contribution is 5.75. The predicted octanol–water partition coefficient (Wildman–Crippen LogP) is 1.86. The Morgan fingerprint density at radius 3 is 2.12 bits per heavy atom. The van der Waals surface area contributed by atoms with Crippen LogP contribution in [0, 0.1) is 0 Å². The predicted molar refractivity (Wildman–Crippen MR) is 61.4 cm³/mol. The Bertz CT molecular complexity index is 344. The summed E-state index contributed by atoms with van der Waals surface area (Å²) in [4.78, 5) is 13.1. The molecule has 0 bridgehead atoms. The molecule has 0 spiro atoms. The van der Waals surface area contributed by atoms with Gasteiger partial charge in [0.15, 0.2) is 0 Å². The van der Waals surface area contributed by atoms with Crippen LogP contribution >= 0.6 is 0 Å². The van der Waals surface area contributed by atoms with Crippen molar-refractivity contribution in [3.63, 3.8) is 0 Å². The number of carbonyl (C=O) groups is 1. The molecule has 0 amide bonds. The first-order chi connectivity index (χ1) is 7.60. The van der Waals surface area contributed by atoms with Crippen molar-refractivity contribution >= 4 is 5.97 Å². The molecule has 0 radical (unpaired) electrons. The maximum Gasteiger partial charge on any atom is 0.325 e. The van der Waals surface area contributed by atoms with Gasteiger partial charge in [-0.2, -0.15) is 0 Å². The molecule has 0 aliphatic heterocycles. The van der Waals surface area contributed by atoms with Gasteiger partial charge in [-0.15, -0.1) is 0 Å². The number of hydrogen-bond donors (Lipinski definition) is 2. The zero-order valence-electron chi connectivity index (χ0n) is 9.55. The second-order valence-corrected chi connectivity index (χ2v) is 3.55. The molecule has 0 heterocycles. The molecule has 0 fully saturated rings. The van der Waals surface area contributed by atoms with Gasteiger partial charge in [0.05, 0.1) is 0 Å². The summed E-state index contributed by atoms with van der Waals surface area (Å²) < 4.78 is 0. The monoisotopic (exact) mass is 223 g/mol. The van der Waals surface area contributed by atoms with Crippen molar-refractivity contribution < 1.29 is 15.0 Å². The molecule has 2 N–H and O–H groups in total. The third kappa shape index (κ3) is 2.73. The van der Waals surface area contributed by atoms with E-state index in [0.717, 1.165) is 0 Å². The third-order valence-corrected chi connectivity index (χ3v) is 2.62. The van der Waals surface area contributed by atoms with E-state index in [1.54, 1.807) is 12.1 Å². The van der Waals surface area contributed by atoms with Crippen molar-refractivity contribution in [2.75, 3.05) is 13.1 Å². The highest BCUT2D eigenvalue weighted by Gasteiger charge is 2.24. The molecule has 0 saturated carbocycles. The van der Waals surface area contributed by atoms with Gasteiger partial charge in [0.25, 0.3) is 0 Å². The Kier molecular flexibility index (Phi) is 4.31. The largest absolute Gasteiger partial charge is 0.508 e. The number of nitrogens with zero attached hydrogens (tertiary/aromatic N) is 1. The van der Waals surface area contributed by atoms with Crippen molar-refractivity contribution in [1.82, 2.24) is 4.90 Å². The second kappa shape index (κ2) is 5.51. The van der Waals surface area contributed by atoms with Gasteiger partial charge in [-0.25, -0.2) is 0 Å². The first-order valence-corrected chi connectivity index (χ1v) is 5.35. The fourth-order valence-electron chi connectivity index (χ4n) is 1.75. The van der Waals surface area contributed by atoms with Gasteiger partial charge in [0.2, 0.25) is 0 Å². The van der Waals surface area contributed by atoms with Gasteiger partial charge in [-0.05, 0) is 30.8 Å². The van der Waals surface area contributed by atoms with Crippen LogP contribution in [0.25, 0.3) is 0 Å². The molecular formula is C12H17NO3. The maximum atomic E-state index is 11.2. The van der Waals surface area contributed by atoms with E-state index in [0.29, 0.717) is 18.7 Å². The van der Waals surface area contributed by atoms with Crippen LogP contribution in [-0.2, 0) is 4.79 Å². The molecule has 4 nitrogen and oxygen atoms in total. The number of carboxylic acid groups (broad SMARTS) is 1. The number of aliphatic carboxylic acids is 1. The number of phenolic OH excluding ortho intramolecular Hbond substituents is 1. The van der Waals surface area contributed by atoms with E-state index >= 15 is 0 Å². The van der Waals surface area contributed by atoms with Crippen LogP contribution in [-0.4, -0.2) is 34.2 Å². The molecule has 0 aromatic heterocycles. The topological polar surface area (TPSA) is 60.8 Å². The summed E-state index contributed by atoms with van der Waals surface area (Å²) in [7, 11) is 0. The average Bonchev–Trinajstić information content (AvgIpc) is 2.27. The van der Waals surface area contributed by atoms with Crippen LogP contribution in [0.15, 0.2) is 24.3 Å². The Balaban J connectivity index is 3.02. The van der Waals surface area contributed by atoms with E-state index in [1.807, 2.05) is 18.7 Å². The Labute approximate surface area is 95.1 Å². The summed E-state index contributed by atoms with van der Waals surface area (Å²) in [5.41, 5.74) is 0.689. The minimum atomic E-state index is -0.866. The zero-order chi connectivity index (χ0) is 12.1. The molecule has 0 saturated heterocycles. The Hall–Kier alpha value is -1.55. The molecule has 4 heteroatoms. The number of rotatable bonds is 5. The molecule has 1 aromatic rings. The third-order valence-electron chi connectivity index (χ3n) is 2.62. The van der Waals surface area contributed by atoms with Crippen LogP contribution in [0.2, 0.25) is 0 Å². The SMILES string of the molecule is CCN(CC)C(C(=O)O)c1ccc(O)cc1. The molecular weight excluding hydrogens is 206 g/mol. The minimum Gasteiger partial charge on any atom is -0.508 e. The highest BCUT2D eigenvalue weighted by Crippen LogP contribution is 2.22. The highest BCUT2D eigenvalue weighted by atomic mass is 16.4. The van der Waals surface area contributed by atoms with E-state index in [1.165, 1.54) is 12.1 Å². The Morgan fingerprint density at radius 2 is 1.75 bits per heavy atom. The fraction of sp³-hybridized carbons (Fsp3) is 0.417. The molecule has 0 aliphatic carbocycles. The molecule has 1 aromatic carbocycles. The van der Waals surface area contributed by atoms with Crippen molar-refractivity contribution in [2.45, 2.75) is 19.9 Å². The lowest BCUT2D eigenvalue weighted by Gasteiger charge is -2.26. The normalized spacial score (nSPS) is 12.7. The summed E-state index contributed by atoms with van der Waals surface area (Å²) in [6, 6.07) is 5.66. The van der Waals surface area contributed by atoms with E-state index in [2.05, 4.69) is 0 Å². The van der Waals surface area contributed by atoms with Gasteiger partial charge in [0.1, 0.15) is 11.8 Å². The van der Waals surface area contributed by atoms with Crippen molar-refractivity contribution in [3.8, 4) is 5.75 Å². The fourth-order valence-corrected chi connectivity index (χ4v) is 1.75. The molecule has 88 valence electrons. The maximum absolute atomic E-state index is 11.2. The lowest BCUT2D eigenvalue weighted by Crippen LogP contribution is -2.33. The summed E-state index contributed by atoms with van der Waals surface area (Å²) in [6.45, 7) is 5.21. The quantitative estimate of drug-likeness (QED) is 0.799. The summed E-state index contributed by atoms with van der Waals surface area (Å²) in [5, 5.41) is 18.4. The van der Waals surface area contributed by atoms with E-state index in [9.17, 15) is 9.90 Å². The summed E-state index contributed by atoms with van der Waals surface area (Å²) in [6.07, 6.45) is 0. The van der Waals surface area contributed by atoms with Crippen molar-refractivity contribution in [2.24, 2.45) is 0 Å². The van der Waals surface area contributed by atoms with Gasteiger partial charge < -0.3 is 10.2 Å². The van der Waals surface area contributed by atoms with Crippen molar-refractivity contribution in [1.29, 1.82) is 0 Å². The first kappa shape index (κ1) is 12.5. The van der Waals surface area contributed by atoms with E-state index < -0.39 is 12.0 Å². The van der Waals surface area contributed by atoms with E-state index in [4.69, 9.17) is 5.11 Å². The number of phenols is 1. The molecule has 16 heavy (non-hydrogen) atoms. The van der Waals surface area contributed by atoms with Gasteiger partial charge in [-0.1, -0.05) is 26.0 Å². The zero-order valence-corrected chi connectivity index (χ0v) is 9.55. The van der Waals surface area contributed by atoms with Gasteiger partial charge in [-0.3, -0.25) is 9.69 Å². The second-order valence-electron chi connectivity index (χ2n) is 3.55. The van der Waals surface area contributed by atoms with Crippen LogP contribution in [0.4, 0.5) is 0 Å².